The van der Waals surface area contributed by atoms with Crippen molar-refractivity contribution in [2.45, 2.75) is 19.1 Å². The molecule has 0 aliphatic rings. The Hall–Kier alpha value is -3.68. The average molecular weight is 415 g/mol. The molecule has 0 radical (unpaired) electrons. The van der Waals surface area contributed by atoms with E-state index in [1.165, 1.54) is 12.1 Å². The van der Waals surface area contributed by atoms with Gasteiger partial charge in [-0.2, -0.15) is 13.2 Å². The van der Waals surface area contributed by atoms with E-state index in [1.54, 1.807) is 24.3 Å². The summed E-state index contributed by atoms with van der Waals surface area (Å²) >= 11 is 0. The van der Waals surface area contributed by atoms with E-state index < -0.39 is 41.5 Å². The SMILES string of the molecule is O=C(O)C(=O)CC(=O)N(Cc1ccc2ccccc2c1)c1ccccc1C(F)(F)F. The van der Waals surface area contributed by atoms with Crippen LogP contribution in [-0.2, 0) is 27.1 Å². The molecule has 30 heavy (non-hydrogen) atoms. The standard InChI is InChI=1S/C22H16F3NO4/c23-22(24,25)17-7-3-4-8-18(17)26(20(28)12-19(27)21(29)30)13-14-9-10-15-5-1-2-6-16(15)11-14/h1-11H,12-13H2,(H,29,30). The van der Waals surface area contributed by atoms with E-state index in [0.29, 0.717) is 5.56 Å². The molecule has 154 valence electrons. The highest BCUT2D eigenvalue weighted by Gasteiger charge is 2.36. The van der Waals surface area contributed by atoms with Crippen molar-refractivity contribution < 1.29 is 32.7 Å². The van der Waals surface area contributed by atoms with Crippen LogP contribution < -0.4 is 4.90 Å². The molecule has 0 heterocycles. The lowest BCUT2D eigenvalue weighted by Crippen LogP contribution is -2.35. The Kier molecular flexibility index (Phi) is 5.86. The molecule has 3 aromatic rings. The van der Waals surface area contributed by atoms with Crippen LogP contribution in [0, 0.1) is 0 Å². The summed E-state index contributed by atoms with van der Waals surface area (Å²) in [5, 5.41) is 10.5. The zero-order valence-corrected chi connectivity index (χ0v) is 15.5. The summed E-state index contributed by atoms with van der Waals surface area (Å²) in [5.74, 6) is -4.25. The zero-order chi connectivity index (χ0) is 21.9. The number of benzene rings is 3. The monoisotopic (exact) mass is 415 g/mol. The van der Waals surface area contributed by atoms with Crippen LogP contribution in [0.5, 0.6) is 0 Å². The fraction of sp³-hybridized carbons (Fsp3) is 0.136. The van der Waals surface area contributed by atoms with Crippen molar-refractivity contribution in [3.8, 4) is 0 Å². The van der Waals surface area contributed by atoms with Gasteiger partial charge in [-0.3, -0.25) is 9.59 Å². The van der Waals surface area contributed by atoms with Crippen molar-refractivity contribution in [2.75, 3.05) is 4.90 Å². The van der Waals surface area contributed by atoms with Crippen LogP contribution in [0.2, 0.25) is 0 Å². The third-order valence-electron chi connectivity index (χ3n) is 4.51. The Morgan fingerprint density at radius 3 is 2.17 bits per heavy atom. The molecule has 0 unspecified atom stereocenters. The third kappa shape index (κ3) is 4.65. The predicted octanol–water partition coefficient (Wildman–Crippen LogP) is 4.44. The van der Waals surface area contributed by atoms with Gasteiger partial charge in [0.05, 0.1) is 24.2 Å². The number of hydrogen-bond donors (Lipinski definition) is 1. The second-order valence-electron chi connectivity index (χ2n) is 6.58. The van der Waals surface area contributed by atoms with Crippen LogP contribution in [0.1, 0.15) is 17.5 Å². The van der Waals surface area contributed by atoms with E-state index in [2.05, 4.69) is 0 Å². The molecule has 0 saturated carbocycles. The van der Waals surface area contributed by atoms with E-state index in [1.807, 2.05) is 18.2 Å². The topological polar surface area (TPSA) is 74.7 Å². The first-order chi connectivity index (χ1) is 14.2. The number of Topliss-reactive ketones (excluding diaryl/α,β-unsaturated/α-hetero) is 1. The number of carbonyl (C=O) groups excluding carboxylic acids is 2. The number of para-hydroxylation sites is 1. The van der Waals surface area contributed by atoms with Gasteiger partial charge in [-0.05, 0) is 34.5 Å². The molecule has 0 aliphatic heterocycles. The Labute approximate surface area is 169 Å². The second-order valence-corrected chi connectivity index (χ2v) is 6.58. The highest BCUT2D eigenvalue weighted by atomic mass is 19.4. The second kappa shape index (κ2) is 8.36. The van der Waals surface area contributed by atoms with E-state index >= 15 is 0 Å². The first-order valence-corrected chi connectivity index (χ1v) is 8.87. The number of rotatable bonds is 6. The molecule has 0 atom stereocenters. The van der Waals surface area contributed by atoms with E-state index in [-0.39, 0.29) is 6.54 Å². The Bertz CT molecular complexity index is 1120. The van der Waals surface area contributed by atoms with Gasteiger partial charge in [-0.25, -0.2) is 4.79 Å². The van der Waals surface area contributed by atoms with Gasteiger partial charge in [0.2, 0.25) is 11.7 Å². The zero-order valence-electron chi connectivity index (χ0n) is 15.5. The predicted molar refractivity (Wildman–Crippen MR) is 104 cm³/mol. The van der Waals surface area contributed by atoms with Crippen molar-refractivity contribution in [3.05, 3.63) is 77.9 Å². The smallest absolute Gasteiger partial charge is 0.418 e. The number of carboxylic acid groups (broad SMARTS) is 1. The molecule has 0 saturated heterocycles. The maximum absolute atomic E-state index is 13.5. The number of amides is 1. The molecule has 1 amide bonds. The minimum atomic E-state index is -4.74. The van der Waals surface area contributed by atoms with Gasteiger partial charge in [0.25, 0.3) is 0 Å². The van der Waals surface area contributed by atoms with Gasteiger partial charge in [0.15, 0.2) is 0 Å². The molecule has 1 N–H and O–H groups in total. The lowest BCUT2D eigenvalue weighted by molar-refractivity contribution is -0.150. The highest BCUT2D eigenvalue weighted by Crippen LogP contribution is 2.37. The van der Waals surface area contributed by atoms with Crippen LogP contribution in [0.4, 0.5) is 18.9 Å². The number of fused-ring (bicyclic) bond motifs is 1. The van der Waals surface area contributed by atoms with Crippen LogP contribution in [-0.4, -0.2) is 22.8 Å². The molecule has 0 aliphatic carbocycles. The summed E-state index contributed by atoms with van der Waals surface area (Å²) < 4.78 is 40.5. The van der Waals surface area contributed by atoms with Crippen molar-refractivity contribution in [2.24, 2.45) is 0 Å². The van der Waals surface area contributed by atoms with Crippen molar-refractivity contribution in [3.63, 3.8) is 0 Å². The molecule has 0 aromatic heterocycles. The van der Waals surface area contributed by atoms with Gasteiger partial charge >= 0.3 is 12.1 Å². The number of ketones is 1. The van der Waals surface area contributed by atoms with Crippen molar-refractivity contribution >= 4 is 34.1 Å². The minimum absolute atomic E-state index is 0.260. The van der Waals surface area contributed by atoms with Gasteiger partial charge in [0.1, 0.15) is 0 Å². The molecule has 0 bridgehead atoms. The van der Waals surface area contributed by atoms with Crippen LogP contribution in [0.25, 0.3) is 10.8 Å². The Morgan fingerprint density at radius 1 is 0.867 bits per heavy atom. The maximum Gasteiger partial charge on any atom is 0.418 e. The quantitative estimate of drug-likeness (QED) is 0.477. The first kappa shape index (κ1) is 21.0. The van der Waals surface area contributed by atoms with Crippen molar-refractivity contribution in [1.82, 2.24) is 0 Å². The van der Waals surface area contributed by atoms with Crippen LogP contribution in [0.15, 0.2) is 66.7 Å². The number of hydrogen-bond acceptors (Lipinski definition) is 3. The average Bonchev–Trinajstić information content (AvgIpc) is 2.71. The molecule has 5 nitrogen and oxygen atoms in total. The number of anilines is 1. The highest BCUT2D eigenvalue weighted by molar-refractivity contribution is 6.36. The Balaban J connectivity index is 2.04. The number of alkyl halides is 3. The Morgan fingerprint density at radius 2 is 1.50 bits per heavy atom. The summed E-state index contributed by atoms with van der Waals surface area (Å²) in [6.07, 6.45) is -5.79. The van der Waals surface area contributed by atoms with Crippen LogP contribution in [0.3, 0.4) is 0 Å². The number of carboxylic acids is 1. The molecule has 0 fully saturated rings. The van der Waals surface area contributed by atoms with E-state index in [0.717, 1.165) is 27.8 Å². The normalized spacial score (nSPS) is 11.3. The fourth-order valence-corrected chi connectivity index (χ4v) is 3.08. The van der Waals surface area contributed by atoms with E-state index in [4.69, 9.17) is 5.11 Å². The van der Waals surface area contributed by atoms with Gasteiger partial charge in [0, 0.05) is 0 Å². The molecular weight excluding hydrogens is 399 g/mol. The fourth-order valence-electron chi connectivity index (χ4n) is 3.08. The lowest BCUT2D eigenvalue weighted by Gasteiger charge is -2.26. The van der Waals surface area contributed by atoms with Gasteiger partial charge in [-0.1, -0.05) is 48.5 Å². The summed E-state index contributed by atoms with van der Waals surface area (Å²) in [4.78, 5) is 35.8. The summed E-state index contributed by atoms with van der Waals surface area (Å²) in [5.41, 5.74) is -0.968. The number of halogens is 3. The number of aliphatic carboxylic acids is 1. The summed E-state index contributed by atoms with van der Waals surface area (Å²) in [6.45, 7) is -0.260. The summed E-state index contributed by atoms with van der Waals surface area (Å²) in [6, 6.07) is 17.0. The number of carbonyl (C=O) groups is 3. The molecule has 8 heteroatoms. The minimum Gasteiger partial charge on any atom is -0.475 e. The van der Waals surface area contributed by atoms with Gasteiger partial charge < -0.3 is 10.0 Å². The summed E-state index contributed by atoms with van der Waals surface area (Å²) in [7, 11) is 0. The number of nitrogens with zero attached hydrogens (tertiary/aromatic N) is 1. The first-order valence-electron chi connectivity index (χ1n) is 8.87. The lowest BCUT2D eigenvalue weighted by atomic mass is 10.1. The molecular formula is C22H16F3NO4. The van der Waals surface area contributed by atoms with E-state index in [9.17, 15) is 27.6 Å². The van der Waals surface area contributed by atoms with Crippen LogP contribution >= 0.6 is 0 Å². The molecule has 0 spiro atoms. The maximum atomic E-state index is 13.5. The third-order valence-corrected chi connectivity index (χ3v) is 4.51. The van der Waals surface area contributed by atoms with Gasteiger partial charge in [-0.15, -0.1) is 0 Å². The molecule has 3 rings (SSSR count). The largest absolute Gasteiger partial charge is 0.475 e. The van der Waals surface area contributed by atoms with Crippen molar-refractivity contribution in [1.29, 1.82) is 0 Å². The molecule has 3 aromatic carbocycles.